The lowest BCUT2D eigenvalue weighted by Crippen LogP contribution is -2.42. The summed E-state index contributed by atoms with van der Waals surface area (Å²) in [7, 11) is 0. The summed E-state index contributed by atoms with van der Waals surface area (Å²) in [6.07, 6.45) is 1.40. The van der Waals surface area contributed by atoms with Crippen LogP contribution in [0.25, 0.3) is 16.8 Å². The molecule has 2 amide bonds. The van der Waals surface area contributed by atoms with Crippen molar-refractivity contribution in [3.63, 3.8) is 0 Å². The molecule has 27 heavy (non-hydrogen) atoms. The summed E-state index contributed by atoms with van der Waals surface area (Å²) in [6.45, 7) is 1.41. The first-order chi connectivity index (χ1) is 12.9. The minimum Gasteiger partial charge on any atom is -0.329 e. The molecular formula is C16H18F3N7O. The van der Waals surface area contributed by atoms with Crippen molar-refractivity contribution in [1.82, 2.24) is 34.8 Å². The summed E-state index contributed by atoms with van der Waals surface area (Å²) in [5.74, 6) is 0.0822. The number of aromatic nitrogens is 5. The van der Waals surface area contributed by atoms with Crippen molar-refractivity contribution in [1.29, 1.82) is 0 Å². The van der Waals surface area contributed by atoms with Crippen molar-refractivity contribution < 1.29 is 18.0 Å². The SMILES string of the molecule is CCC1CN(C(=O)NCC(F)(F)F)CC1c1cnc2cnc3[nH]ncc3n12. The Hall–Kier alpha value is -2.85. The zero-order valence-corrected chi connectivity index (χ0v) is 14.5. The molecule has 0 radical (unpaired) electrons. The molecule has 8 nitrogen and oxygen atoms in total. The van der Waals surface area contributed by atoms with Crippen molar-refractivity contribution in [3.05, 3.63) is 24.3 Å². The summed E-state index contributed by atoms with van der Waals surface area (Å²) >= 11 is 0. The molecule has 4 heterocycles. The van der Waals surface area contributed by atoms with Gasteiger partial charge in [0.1, 0.15) is 12.1 Å². The average Bonchev–Trinajstić information content (AvgIpc) is 3.33. The van der Waals surface area contributed by atoms with Gasteiger partial charge in [-0.2, -0.15) is 18.3 Å². The highest BCUT2D eigenvalue weighted by Crippen LogP contribution is 2.35. The number of amides is 2. The van der Waals surface area contributed by atoms with E-state index in [1.165, 1.54) is 4.90 Å². The highest BCUT2D eigenvalue weighted by atomic mass is 19.4. The number of fused-ring (bicyclic) bond motifs is 3. The molecule has 1 aliphatic heterocycles. The summed E-state index contributed by atoms with van der Waals surface area (Å²) in [5.41, 5.74) is 2.95. The van der Waals surface area contributed by atoms with Crippen LogP contribution in [0.1, 0.15) is 25.0 Å². The lowest BCUT2D eigenvalue weighted by Gasteiger charge is -2.18. The fourth-order valence-electron chi connectivity index (χ4n) is 3.72. The van der Waals surface area contributed by atoms with E-state index < -0.39 is 18.8 Å². The third-order valence-electron chi connectivity index (χ3n) is 5.04. The number of H-pyrrole nitrogens is 1. The van der Waals surface area contributed by atoms with E-state index in [1.54, 1.807) is 18.6 Å². The Bertz CT molecular complexity index is 979. The highest BCUT2D eigenvalue weighted by molar-refractivity contribution is 5.75. The van der Waals surface area contributed by atoms with E-state index in [0.29, 0.717) is 24.4 Å². The fourth-order valence-corrected chi connectivity index (χ4v) is 3.72. The first-order valence-corrected chi connectivity index (χ1v) is 8.62. The molecule has 1 fully saturated rings. The molecule has 3 aromatic heterocycles. The maximum atomic E-state index is 12.4. The van der Waals surface area contributed by atoms with Crippen LogP contribution in [-0.2, 0) is 0 Å². The number of halogens is 3. The molecule has 2 atom stereocenters. The van der Waals surface area contributed by atoms with Crippen LogP contribution in [0.15, 0.2) is 18.6 Å². The molecule has 3 aromatic rings. The molecule has 11 heteroatoms. The smallest absolute Gasteiger partial charge is 0.329 e. The lowest BCUT2D eigenvalue weighted by molar-refractivity contribution is -0.123. The molecule has 0 aliphatic carbocycles. The number of aromatic amines is 1. The number of likely N-dealkylation sites (tertiary alicyclic amines) is 1. The van der Waals surface area contributed by atoms with Gasteiger partial charge in [0.05, 0.1) is 12.4 Å². The van der Waals surface area contributed by atoms with Crippen molar-refractivity contribution in [2.75, 3.05) is 19.6 Å². The van der Waals surface area contributed by atoms with E-state index in [4.69, 9.17) is 0 Å². The zero-order valence-electron chi connectivity index (χ0n) is 14.5. The van der Waals surface area contributed by atoms with Gasteiger partial charge in [-0.05, 0) is 5.92 Å². The molecule has 0 aromatic carbocycles. The number of nitrogens with one attached hydrogen (secondary N) is 2. The Labute approximate surface area is 151 Å². The van der Waals surface area contributed by atoms with Crippen LogP contribution in [0.2, 0.25) is 0 Å². The molecular weight excluding hydrogens is 363 g/mol. The van der Waals surface area contributed by atoms with Crippen molar-refractivity contribution in [2.24, 2.45) is 5.92 Å². The predicted molar refractivity (Wildman–Crippen MR) is 90.2 cm³/mol. The van der Waals surface area contributed by atoms with Crippen LogP contribution in [0.5, 0.6) is 0 Å². The second kappa shape index (κ2) is 6.39. The Morgan fingerprint density at radius 2 is 2.11 bits per heavy atom. The van der Waals surface area contributed by atoms with Crippen molar-refractivity contribution in [2.45, 2.75) is 25.4 Å². The Morgan fingerprint density at radius 1 is 1.30 bits per heavy atom. The van der Waals surface area contributed by atoms with Gasteiger partial charge in [0.15, 0.2) is 11.3 Å². The Balaban J connectivity index is 1.63. The first kappa shape index (κ1) is 17.6. The van der Waals surface area contributed by atoms with Gasteiger partial charge in [-0.1, -0.05) is 13.3 Å². The topological polar surface area (TPSA) is 91.2 Å². The van der Waals surface area contributed by atoms with E-state index in [0.717, 1.165) is 17.6 Å². The predicted octanol–water partition coefficient (Wildman–Crippen LogP) is 2.30. The van der Waals surface area contributed by atoms with Gasteiger partial charge in [-0.3, -0.25) is 9.50 Å². The summed E-state index contributed by atoms with van der Waals surface area (Å²) in [5, 5.41) is 8.78. The Kier molecular flexibility index (Phi) is 4.16. The normalized spacial score (nSPS) is 20.7. The maximum Gasteiger partial charge on any atom is 0.405 e. The second-order valence-electron chi connectivity index (χ2n) is 6.69. The van der Waals surface area contributed by atoms with E-state index in [9.17, 15) is 18.0 Å². The molecule has 0 saturated carbocycles. The van der Waals surface area contributed by atoms with Gasteiger partial charge in [-0.15, -0.1) is 0 Å². The molecule has 0 bridgehead atoms. The van der Waals surface area contributed by atoms with Gasteiger partial charge >= 0.3 is 12.2 Å². The number of hydrogen-bond donors (Lipinski definition) is 2. The molecule has 1 saturated heterocycles. The van der Waals surface area contributed by atoms with Crippen LogP contribution in [0.3, 0.4) is 0 Å². The van der Waals surface area contributed by atoms with Crippen LogP contribution in [0.4, 0.5) is 18.0 Å². The van der Waals surface area contributed by atoms with Crippen molar-refractivity contribution in [3.8, 4) is 0 Å². The van der Waals surface area contributed by atoms with Crippen LogP contribution >= 0.6 is 0 Å². The van der Waals surface area contributed by atoms with Gasteiger partial charge in [0.2, 0.25) is 0 Å². The van der Waals surface area contributed by atoms with E-state index in [1.807, 2.05) is 16.6 Å². The number of imidazole rings is 1. The molecule has 2 unspecified atom stereocenters. The molecule has 0 spiro atoms. The van der Waals surface area contributed by atoms with Crippen LogP contribution in [0, 0.1) is 5.92 Å². The third kappa shape index (κ3) is 3.17. The van der Waals surface area contributed by atoms with E-state index >= 15 is 0 Å². The van der Waals surface area contributed by atoms with Gasteiger partial charge < -0.3 is 10.2 Å². The highest BCUT2D eigenvalue weighted by Gasteiger charge is 2.38. The molecule has 1 aliphatic rings. The lowest BCUT2D eigenvalue weighted by atomic mass is 9.91. The fraction of sp³-hybridized carbons (Fsp3) is 0.500. The second-order valence-corrected chi connectivity index (χ2v) is 6.69. The number of carbonyl (C=O) groups is 1. The standard InChI is InChI=1S/C16H18F3N7O/c1-2-9-6-25(15(27)22-8-16(17,18)19)7-10(9)11-3-20-13-5-21-14-12(26(11)13)4-23-24-14/h3-5,9-10H,2,6-8H2,1H3,(H,22,27)(H,23,24). The van der Waals surface area contributed by atoms with E-state index in [-0.39, 0.29) is 11.8 Å². The minimum absolute atomic E-state index is 0.0397. The quantitative estimate of drug-likeness (QED) is 0.728. The molecule has 4 rings (SSSR count). The Morgan fingerprint density at radius 3 is 2.85 bits per heavy atom. The largest absolute Gasteiger partial charge is 0.405 e. The van der Waals surface area contributed by atoms with Gasteiger partial charge in [0.25, 0.3) is 0 Å². The van der Waals surface area contributed by atoms with Crippen molar-refractivity contribution >= 4 is 22.8 Å². The molecule has 2 N–H and O–H groups in total. The zero-order chi connectivity index (χ0) is 19.2. The monoisotopic (exact) mass is 381 g/mol. The number of rotatable bonds is 3. The minimum atomic E-state index is -4.43. The number of hydrogen-bond acceptors (Lipinski definition) is 4. The van der Waals surface area contributed by atoms with Crippen LogP contribution < -0.4 is 5.32 Å². The number of urea groups is 1. The summed E-state index contributed by atoms with van der Waals surface area (Å²) in [4.78, 5) is 22.3. The number of nitrogens with zero attached hydrogens (tertiary/aromatic N) is 5. The average molecular weight is 381 g/mol. The number of carbonyl (C=O) groups excluding carboxylic acids is 1. The molecule has 144 valence electrons. The number of alkyl halides is 3. The van der Waals surface area contributed by atoms with Gasteiger partial charge in [-0.25, -0.2) is 14.8 Å². The third-order valence-corrected chi connectivity index (χ3v) is 5.04. The summed E-state index contributed by atoms with van der Waals surface area (Å²) < 4.78 is 39.1. The van der Waals surface area contributed by atoms with Crippen LogP contribution in [-0.4, -0.2) is 61.3 Å². The summed E-state index contributed by atoms with van der Waals surface area (Å²) in [6, 6.07) is -0.697. The first-order valence-electron chi connectivity index (χ1n) is 8.62. The van der Waals surface area contributed by atoms with Gasteiger partial charge in [0, 0.05) is 30.9 Å². The maximum absolute atomic E-state index is 12.4. The van der Waals surface area contributed by atoms with E-state index in [2.05, 4.69) is 20.2 Å².